The van der Waals surface area contributed by atoms with Gasteiger partial charge in [-0.3, -0.25) is 4.98 Å². The average molecular weight is 279 g/mol. The third kappa shape index (κ3) is 1.57. The van der Waals surface area contributed by atoms with Gasteiger partial charge in [0.05, 0.1) is 0 Å². The molecule has 1 heterocycles. The second-order valence-electron chi connectivity index (χ2n) is 5.74. The lowest BCUT2D eigenvalue weighted by Gasteiger charge is -2.08. The SMILES string of the molecule is c1ccc2c(c1)ccc1cc3c(ccc4ccncc43)cc12. The lowest BCUT2D eigenvalue weighted by Crippen LogP contribution is -1.82. The van der Waals surface area contributed by atoms with E-state index >= 15 is 0 Å². The van der Waals surface area contributed by atoms with Gasteiger partial charge in [0.1, 0.15) is 0 Å². The van der Waals surface area contributed by atoms with E-state index in [1.807, 2.05) is 12.4 Å². The molecule has 0 N–H and O–H groups in total. The molecule has 0 atom stereocenters. The molecule has 4 aromatic carbocycles. The molecule has 0 saturated carbocycles. The van der Waals surface area contributed by atoms with E-state index < -0.39 is 0 Å². The first-order chi connectivity index (χ1) is 10.9. The average Bonchev–Trinajstić information content (AvgIpc) is 2.60. The topological polar surface area (TPSA) is 12.9 Å². The molecule has 5 aromatic rings. The highest BCUT2D eigenvalue weighted by atomic mass is 14.6. The Hall–Kier alpha value is -2.93. The summed E-state index contributed by atoms with van der Waals surface area (Å²) in [5.41, 5.74) is 0. The number of hydrogen-bond acceptors (Lipinski definition) is 1. The molecule has 0 saturated heterocycles. The Morgan fingerprint density at radius 2 is 1.14 bits per heavy atom. The molecule has 0 amide bonds. The molecule has 0 radical (unpaired) electrons. The summed E-state index contributed by atoms with van der Waals surface area (Å²) in [7, 11) is 0. The van der Waals surface area contributed by atoms with Crippen LogP contribution in [0.3, 0.4) is 0 Å². The predicted octanol–water partition coefficient (Wildman–Crippen LogP) is 5.69. The highest BCUT2D eigenvalue weighted by Crippen LogP contribution is 2.32. The molecule has 5 rings (SSSR count). The van der Waals surface area contributed by atoms with Crippen LogP contribution in [0.4, 0.5) is 0 Å². The van der Waals surface area contributed by atoms with Crippen molar-refractivity contribution < 1.29 is 0 Å². The number of hydrogen-bond donors (Lipinski definition) is 0. The molecule has 0 spiro atoms. The Bertz CT molecular complexity index is 1080. The highest BCUT2D eigenvalue weighted by Gasteiger charge is 2.05. The third-order valence-corrected chi connectivity index (χ3v) is 4.50. The van der Waals surface area contributed by atoms with Crippen molar-refractivity contribution in [3.8, 4) is 0 Å². The van der Waals surface area contributed by atoms with E-state index in [4.69, 9.17) is 0 Å². The smallest absolute Gasteiger partial charge is 0.0352 e. The predicted molar refractivity (Wildman–Crippen MR) is 94.3 cm³/mol. The first-order valence-electron chi connectivity index (χ1n) is 7.48. The minimum atomic E-state index is 1.22. The van der Waals surface area contributed by atoms with Gasteiger partial charge in [-0.15, -0.1) is 0 Å². The molecule has 102 valence electrons. The highest BCUT2D eigenvalue weighted by molar-refractivity contribution is 6.16. The van der Waals surface area contributed by atoms with Crippen molar-refractivity contribution in [1.29, 1.82) is 0 Å². The third-order valence-electron chi connectivity index (χ3n) is 4.50. The molecule has 0 aliphatic rings. The fourth-order valence-corrected chi connectivity index (χ4v) is 3.40. The first-order valence-corrected chi connectivity index (χ1v) is 7.48. The van der Waals surface area contributed by atoms with E-state index in [9.17, 15) is 0 Å². The van der Waals surface area contributed by atoms with E-state index in [1.165, 1.54) is 43.1 Å². The maximum absolute atomic E-state index is 4.29. The van der Waals surface area contributed by atoms with Crippen LogP contribution in [-0.2, 0) is 0 Å². The van der Waals surface area contributed by atoms with Crippen LogP contribution in [0.2, 0.25) is 0 Å². The van der Waals surface area contributed by atoms with Crippen molar-refractivity contribution in [2.24, 2.45) is 0 Å². The van der Waals surface area contributed by atoms with Crippen molar-refractivity contribution in [1.82, 2.24) is 4.98 Å². The fraction of sp³-hybridized carbons (Fsp3) is 0. The molecule has 0 aliphatic carbocycles. The van der Waals surface area contributed by atoms with Crippen LogP contribution >= 0.6 is 0 Å². The van der Waals surface area contributed by atoms with Gasteiger partial charge in [-0.1, -0.05) is 48.5 Å². The number of pyridine rings is 1. The molecule has 0 bridgehead atoms. The molecule has 0 fully saturated rings. The van der Waals surface area contributed by atoms with Crippen molar-refractivity contribution in [3.63, 3.8) is 0 Å². The minimum Gasteiger partial charge on any atom is -0.264 e. The largest absolute Gasteiger partial charge is 0.264 e. The maximum atomic E-state index is 4.29. The lowest BCUT2D eigenvalue weighted by atomic mass is 9.96. The van der Waals surface area contributed by atoms with E-state index in [2.05, 4.69) is 71.7 Å². The number of aromatic nitrogens is 1. The van der Waals surface area contributed by atoms with Gasteiger partial charge in [-0.2, -0.15) is 0 Å². The summed E-state index contributed by atoms with van der Waals surface area (Å²) in [5, 5.41) is 10.2. The fourth-order valence-electron chi connectivity index (χ4n) is 3.40. The van der Waals surface area contributed by atoms with Crippen molar-refractivity contribution >= 4 is 43.1 Å². The summed E-state index contributed by atoms with van der Waals surface area (Å²) in [4.78, 5) is 4.29. The zero-order chi connectivity index (χ0) is 14.5. The van der Waals surface area contributed by atoms with Crippen LogP contribution in [0.25, 0.3) is 43.1 Å². The molecule has 22 heavy (non-hydrogen) atoms. The summed E-state index contributed by atoms with van der Waals surface area (Å²) >= 11 is 0. The van der Waals surface area contributed by atoms with Gasteiger partial charge in [-0.25, -0.2) is 0 Å². The van der Waals surface area contributed by atoms with E-state index in [-0.39, 0.29) is 0 Å². The normalized spacial score (nSPS) is 11.6. The molecular weight excluding hydrogens is 266 g/mol. The maximum Gasteiger partial charge on any atom is 0.0352 e. The van der Waals surface area contributed by atoms with Gasteiger partial charge in [0.25, 0.3) is 0 Å². The Labute approximate surface area is 127 Å². The summed E-state index contributed by atoms with van der Waals surface area (Å²) in [6.07, 6.45) is 3.81. The van der Waals surface area contributed by atoms with E-state index in [0.717, 1.165) is 0 Å². The zero-order valence-electron chi connectivity index (χ0n) is 12.0. The molecule has 0 unspecified atom stereocenters. The summed E-state index contributed by atoms with van der Waals surface area (Å²) in [6.45, 7) is 0. The van der Waals surface area contributed by atoms with Crippen molar-refractivity contribution in [2.75, 3.05) is 0 Å². The van der Waals surface area contributed by atoms with Gasteiger partial charge in [0.2, 0.25) is 0 Å². The zero-order valence-corrected chi connectivity index (χ0v) is 12.0. The standard InChI is InChI=1S/C21H13N/c1-2-4-18-14(3-1)5-7-16-12-20-17(11-19(16)18)8-6-15-9-10-22-13-21(15)20/h1-13H. The molecule has 1 aromatic heterocycles. The summed E-state index contributed by atoms with van der Waals surface area (Å²) in [5.74, 6) is 0. The van der Waals surface area contributed by atoms with E-state index in [0.29, 0.717) is 0 Å². The number of benzene rings is 4. The van der Waals surface area contributed by atoms with Crippen molar-refractivity contribution in [2.45, 2.75) is 0 Å². The van der Waals surface area contributed by atoms with Crippen LogP contribution in [0.15, 0.2) is 79.1 Å². The molecule has 0 aliphatic heterocycles. The van der Waals surface area contributed by atoms with Gasteiger partial charge < -0.3 is 0 Å². The number of fused-ring (bicyclic) bond motifs is 6. The summed E-state index contributed by atoms with van der Waals surface area (Å²) < 4.78 is 0. The molecular formula is C21H13N. The second kappa shape index (κ2) is 4.28. The lowest BCUT2D eigenvalue weighted by molar-refractivity contribution is 1.37. The molecule has 1 nitrogen and oxygen atoms in total. The number of rotatable bonds is 0. The molecule has 1 heteroatoms. The van der Waals surface area contributed by atoms with Crippen LogP contribution in [0.5, 0.6) is 0 Å². The van der Waals surface area contributed by atoms with Gasteiger partial charge in [-0.05, 0) is 55.9 Å². The van der Waals surface area contributed by atoms with Crippen LogP contribution in [0.1, 0.15) is 0 Å². The first kappa shape index (κ1) is 11.7. The minimum absolute atomic E-state index is 1.22. The number of nitrogens with zero attached hydrogens (tertiary/aromatic N) is 1. The monoisotopic (exact) mass is 279 g/mol. The van der Waals surface area contributed by atoms with Crippen molar-refractivity contribution in [3.05, 3.63) is 79.1 Å². The quantitative estimate of drug-likeness (QED) is 0.262. The van der Waals surface area contributed by atoms with Crippen LogP contribution in [0, 0.1) is 0 Å². The summed E-state index contributed by atoms with van der Waals surface area (Å²) in [6, 6.07) is 24.0. The van der Waals surface area contributed by atoms with Gasteiger partial charge in [0.15, 0.2) is 0 Å². The Kier molecular flexibility index (Phi) is 2.28. The Morgan fingerprint density at radius 1 is 0.500 bits per heavy atom. The van der Waals surface area contributed by atoms with Crippen LogP contribution < -0.4 is 0 Å². The van der Waals surface area contributed by atoms with Crippen LogP contribution in [-0.4, -0.2) is 4.98 Å². The van der Waals surface area contributed by atoms with Gasteiger partial charge in [0, 0.05) is 17.8 Å². The second-order valence-corrected chi connectivity index (χ2v) is 5.74. The Balaban J connectivity index is 2.02. The van der Waals surface area contributed by atoms with Gasteiger partial charge >= 0.3 is 0 Å². The van der Waals surface area contributed by atoms with E-state index in [1.54, 1.807) is 0 Å². The Morgan fingerprint density at radius 3 is 1.95 bits per heavy atom.